The van der Waals surface area contributed by atoms with Gasteiger partial charge in [-0.3, -0.25) is 9.37 Å². The van der Waals surface area contributed by atoms with Crippen molar-refractivity contribution in [1.29, 1.82) is 0 Å². The molecule has 1 radical (unpaired) electrons. The molecule has 0 spiro atoms. The molecule has 0 aliphatic heterocycles. The zero-order chi connectivity index (χ0) is 50.2. The van der Waals surface area contributed by atoms with E-state index in [0.29, 0.717) is 17.4 Å². The third-order valence-corrected chi connectivity index (χ3v) is 14.0. The molecule has 0 fully saturated rings. The zero-order valence-corrected chi connectivity index (χ0v) is 42.6. The second-order valence-electron chi connectivity index (χ2n) is 19.8. The van der Waals surface area contributed by atoms with E-state index in [4.69, 9.17) is 16.3 Å². The fourth-order valence-corrected chi connectivity index (χ4v) is 10.4. The summed E-state index contributed by atoms with van der Waals surface area (Å²) in [6, 6.07) is 46.7. The number of rotatable bonds is 7. The summed E-state index contributed by atoms with van der Waals surface area (Å²) in [5, 5.41) is 7.94. The van der Waals surface area contributed by atoms with Gasteiger partial charge in [-0.2, -0.15) is 0 Å². The van der Waals surface area contributed by atoms with E-state index in [-0.39, 0.29) is 36.9 Å². The van der Waals surface area contributed by atoms with Crippen LogP contribution in [0.2, 0.25) is 19.6 Å². The predicted molar refractivity (Wildman–Crippen MR) is 275 cm³/mol. The van der Waals surface area contributed by atoms with Crippen LogP contribution in [0.5, 0.6) is 0 Å². The normalized spacial score (nSPS) is 13.7. The van der Waals surface area contributed by atoms with E-state index >= 15 is 0 Å². The van der Waals surface area contributed by atoms with Crippen molar-refractivity contribution >= 4 is 67.8 Å². The molecule has 0 aliphatic carbocycles. The number of para-hydroxylation sites is 3. The van der Waals surface area contributed by atoms with Crippen molar-refractivity contribution in [1.82, 2.24) is 14.5 Å². The van der Waals surface area contributed by atoms with Crippen LogP contribution >= 0.6 is 0 Å². The molecule has 0 amide bonds. The first-order valence-electron chi connectivity index (χ1n) is 25.0. The number of imidazole rings is 1. The Labute approximate surface area is 410 Å². The van der Waals surface area contributed by atoms with E-state index in [1.54, 1.807) is 12.3 Å². The molecule has 10 aromatic rings. The zero-order valence-electron chi connectivity index (χ0n) is 44.2. The summed E-state index contributed by atoms with van der Waals surface area (Å²) in [4.78, 5) is 9.63. The van der Waals surface area contributed by atoms with Crippen molar-refractivity contribution in [2.75, 3.05) is 0 Å². The van der Waals surface area contributed by atoms with Crippen LogP contribution in [-0.4, -0.2) is 22.6 Å². The first-order chi connectivity index (χ1) is 33.0. The molecular formula is C59H58FIrN3OSi-2. The van der Waals surface area contributed by atoms with Gasteiger partial charge >= 0.3 is 0 Å². The van der Waals surface area contributed by atoms with E-state index in [1.165, 1.54) is 44.4 Å². The predicted octanol–water partition coefficient (Wildman–Crippen LogP) is 16.1. The monoisotopic (exact) mass is 1070 g/mol. The van der Waals surface area contributed by atoms with Gasteiger partial charge < -0.3 is 14.0 Å². The van der Waals surface area contributed by atoms with Crippen LogP contribution in [0, 0.1) is 30.2 Å². The second kappa shape index (κ2) is 18.2. The minimum absolute atomic E-state index is 0. The number of benzene rings is 7. The van der Waals surface area contributed by atoms with Gasteiger partial charge in [-0.15, -0.1) is 42.0 Å². The van der Waals surface area contributed by atoms with Crippen LogP contribution in [0.15, 0.2) is 132 Å². The third-order valence-electron chi connectivity index (χ3n) is 12.0. The van der Waals surface area contributed by atoms with Crippen molar-refractivity contribution in [3.8, 4) is 28.3 Å². The Morgan fingerprint density at radius 1 is 0.773 bits per heavy atom. The Kier molecular flexibility index (Phi) is 11.2. The number of aromatic nitrogens is 3. The average molecular weight is 1070 g/mol. The summed E-state index contributed by atoms with van der Waals surface area (Å²) < 4.78 is 63.5. The summed E-state index contributed by atoms with van der Waals surface area (Å²) in [5.41, 5.74) is 8.44. The molecule has 7 aromatic carbocycles. The minimum Gasteiger partial charge on any atom is -0.501 e. The molecule has 3 aromatic heterocycles. The summed E-state index contributed by atoms with van der Waals surface area (Å²) in [6.45, 7) is 18.5. The fourth-order valence-electron chi connectivity index (χ4n) is 8.96. The van der Waals surface area contributed by atoms with E-state index in [1.807, 2.05) is 26.8 Å². The Bertz CT molecular complexity index is 3610. The van der Waals surface area contributed by atoms with E-state index in [2.05, 4.69) is 166 Å². The van der Waals surface area contributed by atoms with Crippen LogP contribution in [0.4, 0.5) is 4.39 Å². The molecule has 4 nitrogen and oxygen atoms in total. The maximum atomic E-state index is 14.7. The maximum absolute atomic E-state index is 14.7. The van der Waals surface area contributed by atoms with Crippen LogP contribution in [0.1, 0.15) is 89.4 Å². The van der Waals surface area contributed by atoms with Crippen LogP contribution in [0.3, 0.4) is 0 Å². The van der Waals surface area contributed by atoms with Gasteiger partial charge in [0.2, 0.25) is 0 Å². The molecule has 10 rings (SSSR count). The van der Waals surface area contributed by atoms with Gasteiger partial charge in [-0.25, -0.2) is 0 Å². The van der Waals surface area contributed by atoms with E-state index in [0.717, 1.165) is 55.6 Å². The number of halogens is 1. The average Bonchev–Trinajstić information content (AvgIpc) is 3.87. The quantitative estimate of drug-likeness (QED) is 0.0907. The van der Waals surface area contributed by atoms with Crippen molar-refractivity contribution in [3.63, 3.8) is 0 Å². The Morgan fingerprint density at radius 2 is 1.48 bits per heavy atom. The molecule has 0 bridgehead atoms. The molecule has 0 aliphatic rings. The van der Waals surface area contributed by atoms with E-state index in [9.17, 15) is 4.39 Å². The topological polar surface area (TPSA) is 43.9 Å². The summed E-state index contributed by atoms with van der Waals surface area (Å²) >= 11 is 0. The third kappa shape index (κ3) is 8.93. The number of fused-ring (bicyclic) bond motifs is 7. The SMILES string of the molecule is CC(C)c1cccc(C(C)C)c1-n1c(-c2[c-]ccc3c2oc2cc4c(ccc5ccccc54)cc23)nc2ccccc21.[2H]C([2H])([2H])c1c[c-]c(-c2cc(C([2H])([2H])C(C)(C)C)c([Si](C)(C)C)cn2)c(F)c1.[Ir]. The van der Waals surface area contributed by atoms with E-state index < -0.39 is 32.5 Å². The number of nitrogens with zero attached hydrogens (tertiary/aromatic N) is 3. The minimum atomic E-state index is -2.42. The molecule has 0 atom stereocenters. The Morgan fingerprint density at radius 3 is 2.18 bits per heavy atom. The van der Waals surface area contributed by atoms with Crippen molar-refractivity contribution < 1.29 is 35.8 Å². The molecule has 66 heavy (non-hydrogen) atoms. The summed E-state index contributed by atoms with van der Waals surface area (Å²) in [5.74, 6) is 0.817. The number of pyridine rings is 1. The van der Waals surface area contributed by atoms with Gasteiger partial charge in [0.25, 0.3) is 0 Å². The largest absolute Gasteiger partial charge is 0.501 e. The van der Waals surface area contributed by atoms with Crippen molar-refractivity contribution in [3.05, 3.63) is 168 Å². The van der Waals surface area contributed by atoms with Crippen molar-refractivity contribution in [2.24, 2.45) is 5.41 Å². The first kappa shape index (κ1) is 40.5. The van der Waals surface area contributed by atoms with Crippen molar-refractivity contribution in [2.45, 2.75) is 93.2 Å². The molecule has 337 valence electrons. The molecule has 0 unspecified atom stereocenters. The molecule has 3 heterocycles. The van der Waals surface area contributed by atoms with Gasteiger partial charge in [-0.05, 0) is 91.4 Å². The van der Waals surface area contributed by atoms with Gasteiger partial charge in [-0.1, -0.05) is 170 Å². The summed E-state index contributed by atoms with van der Waals surface area (Å²) in [7, 11) is -1.92. The van der Waals surface area contributed by atoms with Crippen LogP contribution in [0.25, 0.3) is 82.8 Å². The molecule has 0 saturated carbocycles. The Balaban J connectivity index is 0.000000205. The van der Waals surface area contributed by atoms with Gasteiger partial charge in [0.15, 0.2) is 0 Å². The fraction of sp³-hybridized carbons (Fsp3) is 0.254. The number of hydrogen-bond donors (Lipinski definition) is 0. The van der Waals surface area contributed by atoms with Gasteiger partial charge in [0.1, 0.15) is 5.58 Å². The maximum Gasteiger partial charge on any atom is 0.121 e. The number of aryl methyl sites for hydroxylation is 1. The first-order valence-corrected chi connectivity index (χ1v) is 26.0. The number of hydrogen-bond acceptors (Lipinski definition) is 3. The second-order valence-corrected chi connectivity index (χ2v) is 24.8. The molecule has 0 saturated heterocycles. The molecule has 7 heteroatoms. The summed E-state index contributed by atoms with van der Waals surface area (Å²) in [6.07, 6.45) is -0.0131. The number of furan rings is 1. The van der Waals surface area contributed by atoms with Gasteiger partial charge in [0, 0.05) is 50.0 Å². The molecule has 0 N–H and O–H groups in total. The van der Waals surface area contributed by atoms with Crippen LogP contribution in [-0.2, 0) is 26.5 Å². The smallest absolute Gasteiger partial charge is 0.121 e. The van der Waals surface area contributed by atoms with Gasteiger partial charge in [0.05, 0.1) is 30.5 Å². The Hall–Kier alpha value is -5.72. The van der Waals surface area contributed by atoms with Crippen LogP contribution < -0.4 is 5.19 Å². The standard InChI is InChI=1S/C39H31N2O.C20H27FNSi.Ir/c1-23(2)27-13-9-14-28(24(3)4)37(27)41-35-18-8-7-17-34(35)40-39(41)31-16-10-15-30-33-21-26-20-19-25-11-5-6-12-29(25)32(26)22-36(33)42-38(30)31;1-14-8-9-16(17(21)10-14)18-11-15(12-20(2,3)4)19(13-22-18)23(5,6)7;/h5-15,17-24H,1-4H3;8,10-11,13H,12H2,1-7H3;/q2*-1;/i;1D3,12D2;. The molecular weight excluding hydrogens is 1010 g/mol.